The van der Waals surface area contributed by atoms with Crippen LogP contribution in [0.15, 0.2) is 24.3 Å². The molecule has 5 heteroatoms. The van der Waals surface area contributed by atoms with Gasteiger partial charge in [0.25, 0.3) is 0 Å². The van der Waals surface area contributed by atoms with Crippen molar-refractivity contribution < 1.29 is 14.6 Å². The highest BCUT2D eigenvalue weighted by atomic mass is 16.5. The Morgan fingerprint density at radius 3 is 2.80 bits per heavy atom. The number of nitrogens with zero attached hydrogens (tertiary/aromatic N) is 1. The van der Waals surface area contributed by atoms with Crippen molar-refractivity contribution in [2.75, 3.05) is 40.4 Å². The van der Waals surface area contributed by atoms with E-state index in [0.29, 0.717) is 24.1 Å². The molecule has 1 aromatic carbocycles. The maximum Gasteiger partial charge on any atom is 0.161 e. The summed E-state index contributed by atoms with van der Waals surface area (Å²) in [6, 6.07) is 7.93. The summed E-state index contributed by atoms with van der Waals surface area (Å²) in [5, 5.41) is 13.3. The van der Waals surface area contributed by atoms with Gasteiger partial charge in [-0.25, -0.2) is 0 Å². The van der Waals surface area contributed by atoms with E-state index in [1.165, 1.54) is 0 Å². The first-order chi connectivity index (χ1) is 9.69. The van der Waals surface area contributed by atoms with Crippen molar-refractivity contribution in [1.82, 2.24) is 10.2 Å². The van der Waals surface area contributed by atoms with Crippen LogP contribution in [0, 0.1) is 0 Å². The summed E-state index contributed by atoms with van der Waals surface area (Å²) in [6.45, 7) is 2.97. The SMILES string of the molecule is COc1ccccc1OCC(O)CNC1CCN(C)C1. The molecule has 1 heterocycles. The number of benzene rings is 1. The van der Waals surface area contributed by atoms with Gasteiger partial charge in [-0.3, -0.25) is 0 Å². The van der Waals surface area contributed by atoms with Gasteiger partial charge in [-0.2, -0.15) is 0 Å². The van der Waals surface area contributed by atoms with Crippen molar-refractivity contribution >= 4 is 0 Å². The third kappa shape index (κ3) is 4.37. The molecule has 1 fully saturated rings. The minimum atomic E-state index is -0.522. The molecule has 2 atom stereocenters. The summed E-state index contributed by atoms with van der Waals surface area (Å²) in [5.74, 6) is 1.35. The van der Waals surface area contributed by atoms with E-state index >= 15 is 0 Å². The van der Waals surface area contributed by atoms with E-state index in [1.807, 2.05) is 24.3 Å². The highest BCUT2D eigenvalue weighted by Gasteiger charge is 2.19. The quantitative estimate of drug-likeness (QED) is 0.771. The number of likely N-dealkylation sites (N-methyl/N-ethyl adjacent to an activating group) is 1. The van der Waals surface area contributed by atoms with Gasteiger partial charge in [0.2, 0.25) is 0 Å². The van der Waals surface area contributed by atoms with Gasteiger partial charge in [0, 0.05) is 19.1 Å². The van der Waals surface area contributed by atoms with Crippen molar-refractivity contribution in [3.63, 3.8) is 0 Å². The zero-order chi connectivity index (χ0) is 14.4. The van der Waals surface area contributed by atoms with Gasteiger partial charge >= 0.3 is 0 Å². The van der Waals surface area contributed by atoms with Crippen LogP contribution in [0.25, 0.3) is 0 Å². The van der Waals surface area contributed by atoms with Gasteiger partial charge < -0.3 is 24.8 Å². The third-order valence-corrected chi connectivity index (χ3v) is 3.53. The number of rotatable bonds is 7. The fraction of sp³-hybridized carbons (Fsp3) is 0.600. The second-order valence-electron chi connectivity index (χ2n) is 5.27. The third-order valence-electron chi connectivity index (χ3n) is 3.53. The smallest absolute Gasteiger partial charge is 0.161 e. The monoisotopic (exact) mass is 280 g/mol. The number of para-hydroxylation sites is 2. The van der Waals surface area contributed by atoms with Crippen molar-refractivity contribution in [2.24, 2.45) is 0 Å². The Bertz CT molecular complexity index is 414. The first-order valence-corrected chi connectivity index (χ1v) is 7.05. The molecule has 0 bridgehead atoms. The molecule has 0 amide bonds. The highest BCUT2D eigenvalue weighted by molar-refractivity contribution is 5.39. The van der Waals surface area contributed by atoms with Gasteiger partial charge in [0.05, 0.1) is 7.11 Å². The summed E-state index contributed by atoms with van der Waals surface area (Å²) in [7, 11) is 3.72. The second kappa shape index (κ2) is 7.47. The van der Waals surface area contributed by atoms with Crippen molar-refractivity contribution in [3.05, 3.63) is 24.3 Å². The highest BCUT2D eigenvalue weighted by Crippen LogP contribution is 2.25. The van der Waals surface area contributed by atoms with E-state index in [-0.39, 0.29) is 6.61 Å². The van der Waals surface area contributed by atoms with Crippen molar-refractivity contribution in [2.45, 2.75) is 18.6 Å². The van der Waals surface area contributed by atoms with E-state index in [4.69, 9.17) is 9.47 Å². The molecule has 0 aromatic heterocycles. The van der Waals surface area contributed by atoms with Crippen LogP contribution in [0.1, 0.15) is 6.42 Å². The normalized spacial score (nSPS) is 20.9. The maximum absolute atomic E-state index is 9.96. The van der Waals surface area contributed by atoms with Crippen molar-refractivity contribution in [1.29, 1.82) is 0 Å². The Morgan fingerprint density at radius 1 is 1.40 bits per heavy atom. The molecule has 2 rings (SSSR count). The minimum Gasteiger partial charge on any atom is -0.493 e. The number of likely N-dealkylation sites (tertiary alicyclic amines) is 1. The summed E-state index contributed by atoms with van der Waals surface area (Å²) in [4.78, 5) is 2.29. The molecular formula is C15H24N2O3. The van der Waals surface area contributed by atoms with Crippen molar-refractivity contribution in [3.8, 4) is 11.5 Å². The average Bonchev–Trinajstić information content (AvgIpc) is 2.89. The number of methoxy groups -OCH3 is 1. The van der Waals surface area contributed by atoms with E-state index < -0.39 is 6.10 Å². The molecule has 1 saturated heterocycles. The molecule has 0 spiro atoms. The fourth-order valence-corrected chi connectivity index (χ4v) is 2.39. The second-order valence-corrected chi connectivity index (χ2v) is 5.27. The summed E-state index contributed by atoms with van der Waals surface area (Å²) >= 11 is 0. The molecule has 112 valence electrons. The van der Waals surface area contributed by atoms with Crippen LogP contribution in [0.4, 0.5) is 0 Å². The van der Waals surface area contributed by atoms with Gasteiger partial charge in [-0.05, 0) is 32.1 Å². The number of aliphatic hydroxyl groups is 1. The zero-order valence-corrected chi connectivity index (χ0v) is 12.2. The summed E-state index contributed by atoms with van der Waals surface area (Å²) in [5.41, 5.74) is 0. The molecule has 1 aliphatic rings. The van der Waals surface area contributed by atoms with Crippen LogP contribution >= 0.6 is 0 Å². The van der Waals surface area contributed by atoms with Crippen LogP contribution < -0.4 is 14.8 Å². The average molecular weight is 280 g/mol. The summed E-state index contributed by atoms with van der Waals surface area (Å²) in [6.07, 6.45) is 0.613. The largest absolute Gasteiger partial charge is 0.493 e. The molecule has 0 radical (unpaired) electrons. The van der Waals surface area contributed by atoms with E-state index in [2.05, 4.69) is 17.3 Å². The fourth-order valence-electron chi connectivity index (χ4n) is 2.39. The molecule has 0 aliphatic carbocycles. The first kappa shape index (κ1) is 15.1. The first-order valence-electron chi connectivity index (χ1n) is 7.05. The molecule has 0 saturated carbocycles. The molecule has 1 aromatic rings. The van der Waals surface area contributed by atoms with Gasteiger partial charge in [-0.1, -0.05) is 12.1 Å². The molecule has 20 heavy (non-hydrogen) atoms. The lowest BCUT2D eigenvalue weighted by Gasteiger charge is -2.17. The van der Waals surface area contributed by atoms with Crippen LogP contribution in [0.2, 0.25) is 0 Å². The maximum atomic E-state index is 9.96. The predicted molar refractivity (Wildman–Crippen MR) is 78.4 cm³/mol. The molecule has 1 aliphatic heterocycles. The lowest BCUT2D eigenvalue weighted by Crippen LogP contribution is -2.39. The number of ether oxygens (including phenoxy) is 2. The Kier molecular flexibility index (Phi) is 5.64. The summed E-state index contributed by atoms with van der Waals surface area (Å²) < 4.78 is 10.8. The zero-order valence-electron chi connectivity index (χ0n) is 12.2. The Labute approximate surface area is 120 Å². The lowest BCUT2D eigenvalue weighted by molar-refractivity contribution is 0.102. The predicted octanol–water partition coefficient (Wildman–Crippen LogP) is 0.729. The van der Waals surface area contributed by atoms with Gasteiger partial charge in [-0.15, -0.1) is 0 Å². The van der Waals surface area contributed by atoms with Gasteiger partial charge in [0.1, 0.15) is 12.7 Å². The number of hydrogen-bond donors (Lipinski definition) is 2. The van der Waals surface area contributed by atoms with E-state index in [0.717, 1.165) is 19.5 Å². The van der Waals surface area contributed by atoms with E-state index in [1.54, 1.807) is 7.11 Å². The lowest BCUT2D eigenvalue weighted by atomic mass is 10.2. The Hall–Kier alpha value is -1.30. The minimum absolute atomic E-state index is 0.260. The molecule has 5 nitrogen and oxygen atoms in total. The molecular weight excluding hydrogens is 256 g/mol. The number of aliphatic hydroxyl groups excluding tert-OH is 1. The van der Waals surface area contributed by atoms with Crippen LogP contribution in [-0.2, 0) is 0 Å². The Balaban J connectivity index is 1.70. The topological polar surface area (TPSA) is 54.0 Å². The van der Waals surface area contributed by atoms with E-state index in [9.17, 15) is 5.11 Å². The Morgan fingerprint density at radius 2 is 2.15 bits per heavy atom. The number of hydrogen-bond acceptors (Lipinski definition) is 5. The molecule has 2 unspecified atom stereocenters. The number of nitrogens with one attached hydrogen (secondary N) is 1. The molecule has 2 N–H and O–H groups in total. The van der Waals surface area contributed by atoms with Crippen LogP contribution in [0.5, 0.6) is 11.5 Å². The standard InChI is InChI=1S/C15H24N2O3/c1-17-8-7-12(10-17)16-9-13(18)11-20-15-6-4-3-5-14(15)19-2/h3-6,12-13,16,18H,7-11H2,1-2H3. The van der Waals surface area contributed by atoms with Gasteiger partial charge in [0.15, 0.2) is 11.5 Å². The van der Waals surface area contributed by atoms with Crippen LogP contribution in [0.3, 0.4) is 0 Å². The van der Waals surface area contributed by atoms with Crippen LogP contribution in [-0.4, -0.2) is 62.6 Å².